The van der Waals surface area contributed by atoms with E-state index < -0.39 is 9.84 Å². The molecule has 106 valence electrons. The number of unbranched alkanes of at least 4 members (excludes halogenated alkanes) is 4. The lowest BCUT2D eigenvalue weighted by molar-refractivity contribution is -0.116. The molecule has 4 heteroatoms. The van der Waals surface area contributed by atoms with Crippen LogP contribution in [0.4, 0.5) is 0 Å². The van der Waals surface area contributed by atoms with Gasteiger partial charge in [0, 0.05) is 6.42 Å². The van der Waals surface area contributed by atoms with Crippen molar-refractivity contribution in [2.75, 3.05) is 5.75 Å². The topological polar surface area (TPSA) is 51.2 Å². The second kappa shape index (κ2) is 8.10. The molecule has 0 saturated heterocycles. The lowest BCUT2D eigenvalue weighted by Gasteiger charge is -2.04. The minimum atomic E-state index is -3.46. The molecule has 0 N–H and O–H groups in total. The van der Waals surface area contributed by atoms with Gasteiger partial charge in [-0.2, -0.15) is 0 Å². The first-order chi connectivity index (χ1) is 9.06. The second-order valence-corrected chi connectivity index (χ2v) is 6.76. The molecule has 0 radical (unpaired) electrons. The van der Waals surface area contributed by atoms with Crippen LogP contribution >= 0.6 is 0 Å². The number of benzene rings is 1. The number of carbonyl (C=O) groups excluding carboxylic acids is 1. The van der Waals surface area contributed by atoms with Gasteiger partial charge in [-0.15, -0.1) is 0 Å². The van der Waals surface area contributed by atoms with Gasteiger partial charge < -0.3 is 0 Å². The number of Topliss-reactive ketones (excluding diaryl/α,β-unsaturated/α-hetero) is 1. The molecule has 0 unspecified atom stereocenters. The lowest BCUT2D eigenvalue weighted by atomic mass is 10.1. The number of carbonyl (C=O) groups is 1. The molecule has 0 fully saturated rings. The molecule has 1 aromatic rings. The van der Waals surface area contributed by atoms with E-state index in [1.54, 1.807) is 18.2 Å². The molecule has 1 rings (SSSR count). The average Bonchev–Trinajstić information content (AvgIpc) is 2.39. The Kier molecular flexibility index (Phi) is 6.78. The Bertz CT molecular complexity index is 477. The third-order valence-corrected chi connectivity index (χ3v) is 4.70. The van der Waals surface area contributed by atoms with E-state index in [1.165, 1.54) is 18.6 Å². The molecule has 0 saturated carbocycles. The quantitative estimate of drug-likeness (QED) is 0.652. The predicted molar refractivity (Wildman–Crippen MR) is 76.9 cm³/mol. The van der Waals surface area contributed by atoms with E-state index >= 15 is 0 Å². The van der Waals surface area contributed by atoms with E-state index in [1.807, 2.05) is 0 Å². The zero-order chi connectivity index (χ0) is 14.1. The summed E-state index contributed by atoms with van der Waals surface area (Å²) >= 11 is 0. The van der Waals surface area contributed by atoms with E-state index in [0.29, 0.717) is 6.42 Å². The number of rotatable bonds is 9. The summed E-state index contributed by atoms with van der Waals surface area (Å²) in [6.45, 7) is 2.14. The normalized spacial score (nSPS) is 11.4. The van der Waals surface area contributed by atoms with Crippen LogP contribution in [-0.2, 0) is 14.6 Å². The third kappa shape index (κ3) is 6.01. The van der Waals surface area contributed by atoms with E-state index in [9.17, 15) is 13.2 Å². The molecule has 19 heavy (non-hydrogen) atoms. The maximum absolute atomic E-state index is 12.0. The maximum Gasteiger partial charge on any atom is 0.185 e. The van der Waals surface area contributed by atoms with Crippen molar-refractivity contribution in [3.63, 3.8) is 0 Å². The summed E-state index contributed by atoms with van der Waals surface area (Å²) in [7, 11) is -3.46. The molecule has 0 aromatic heterocycles. The smallest absolute Gasteiger partial charge is 0.185 e. The van der Waals surface area contributed by atoms with Crippen LogP contribution in [0.1, 0.15) is 45.4 Å². The summed E-state index contributed by atoms with van der Waals surface area (Å²) in [6.07, 6.45) is 5.63. The molecule has 0 aliphatic carbocycles. The summed E-state index contributed by atoms with van der Waals surface area (Å²) in [5.41, 5.74) is 0. The largest absolute Gasteiger partial charge is 0.299 e. The van der Waals surface area contributed by atoms with Crippen molar-refractivity contribution in [1.29, 1.82) is 0 Å². The standard InChI is InChI=1S/C15H22O3S/c1-2-3-4-5-7-10-14(16)13-19(17,18)15-11-8-6-9-12-15/h6,8-9,11-12H,2-5,7,10,13H2,1H3. The zero-order valence-corrected chi connectivity index (χ0v) is 12.3. The molecule has 1 aromatic carbocycles. The summed E-state index contributed by atoms with van der Waals surface area (Å²) in [5.74, 6) is -0.550. The summed E-state index contributed by atoms with van der Waals surface area (Å²) < 4.78 is 23.9. The van der Waals surface area contributed by atoms with Gasteiger partial charge in [0.1, 0.15) is 11.5 Å². The fraction of sp³-hybridized carbons (Fsp3) is 0.533. The number of sulfone groups is 1. The van der Waals surface area contributed by atoms with Gasteiger partial charge in [-0.3, -0.25) is 4.79 Å². The van der Waals surface area contributed by atoms with Crippen LogP contribution in [0.2, 0.25) is 0 Å². The highest BCUT2D eigenvalue weighted by atomic mass is 32.2. The average molecular weight is 282 g/mol. The Morgan fingerprint density at radius 3 is 2.26 bits per heavy atom. The van der Waals surface area contributed by atoms with Gasteiger partial charge in [-0.05, 0) is 18.6 Å². The van der Waals surface area contributed by atoms with Gasteiger partial charge in [0.15, 0.2) is 9.84 Å². The fourth-order valence-corrected chi connectivity index (χ4v) is 3.23. The van der Waals surface area contributed by atoms with Crippen molar-refractivity contribution in [2.45, 2.75) is 50.3 Å². The minimum absolute atomic E-state index is 0.180. The van der Waals surface area contributed by atoms with Crippen LogP contribution in [0.5, 0.6) is 0 Å². The Balaban J connectivity index is 2.40. The van der Waals surface area contributed by atoms with Crippen LogP contribution in [0.15, 0.2) is 35.2 Å². The first-order valence-corrected chi connectivity index (χ1v) is 8.51. The monoisotopic (exact) mass is 282 g/mol. The number of ketones is 1. The first-order valence-electron chi connectivity index (χ1n) is 6.86. The molecule has 0 atom stereocenters. The summed E-state index contributed by atoms with van der Waals surface area (Å²) in [6, 6.07) is 8.16. The van der Waals surface area contributed by atoms with Gasteiger partial charge in [0.2, 0.25) is 0 Å². The molecule has 3 nitrogen and oxygen atoms in total. The lowest BCUT2D eigenvalue weighted by Crippen LogP contribution is -2.16. The van der Waals surface area contributed by atoms with Gasteiger partial charge >= 0.3 is 0 Å². The highest BCUT2D eigenvalue weighted by Crippen LogP contribution is 2.12. The molecule has 0 aliphatic rings. The first kappa shape index (κ1) is 15.9. The Hall–Kier alpha value is -1.16. The predicted octanol–water partition coefficient (Wildman–Crippen LogP) is 3.39. The molecule has 0 amide bonds. The van der Waals surface area contributed by atoms with Gasteiger partial charge in [-0.1, -0.05) is 50.8 Å². The van der Waals surface area contributed by atoms with E-state index in [2.05, 4.69) is 6.92 Å². The second-order valence-electron chi connectivity index (χ2n) is 4.78. The molecular formula is C15H22O3S. The molecule has 0 aliphatic heterocycles. The zero-order valence-electron chi connectivity index (χ0n) is 11.5. The van der Waals surface area contributed by atoms with Gasteiger partial charge in [-0.25, -0.2) is 8.42 Å². The highest BCUT2D eigenvalue weighted by molar-refractivity contribution is 7.92. The number of hydrogen-bond donors (Lipinski definition) is 0. The van der Waals surface area contributed by atoms with E-state index in [4.69, 9.17) is 0 Å². The van der Waals surface area contributed by atoms with Gasteiger partial charge in [0.05, 0.1) is 4.90 Å². The van der Waals surface area contributed by atoms with Crippen LogP contribution in [-0.4, -0.2) is 20.0 Å². The van der Waals surface area contributed by atoms with Crippen molar-refractivity contribution >= 4 is 15.6 Å². The summed E-state index contributed by atoms with van der Waals surface area (Å²) in [4.78, 5) is 11.9. The SMILES string of the molecule is CCCCCCCC(=O)CS(=O)(=O)c1ccccc1. The Labute approximate surface area is 116 Å². The van der Waals surface area contributed by atoms with Crippen LogP contribution < -0.4 is 0 Å². The number of hydrogen-bond acceptors (Lipinski definition) is 3. The molecule has 0 heterocycles. The minimum Gasteiger partial charge on any atom is -0.299 e. The van der Waals surface area contributed by atoms with Crippen molar-refractivity contribution in [1.82, 2.24) is 0 Å². The Morgan fingerprint density at radius 1 is 1.00 bits per heavy atom. The van der Waals surface area contributed by atoms with E-state index in [-0.39, 0.29) is 16.4 Å². The van der Waals surface area contributed by atoms with Crippen LogP contribution in [0.3, 0.4) is 0 Å². The maximum atomic E-state index is 12.0. The van der Waals surface area contributed by atoms with Crippen LogP contribution in [0, 0.1) is 0 Å². The van der Waals surface area contributed by atoms with Crippen molar-refractivity contribution < 1.29 is 13.2 Å². The van der Waals surface area contributed by atoms with Crippen molar-refractivity contribution in [2.24, 2.45) is 0 Å². The van der Waals surface area contributed by atoms with E-state index in [0.717, 1.165) is 25.7 Å². The fourth-order valence-electron chi connectivity index (χ4n) is 1.92. The third-order valence-electron chi connectivity index (χ3n) is 3.01. The summed E-state index contributed by atoms with van der Waals surface area (Å²) in [5, 5.41) is 0. The Morgan fingerprint density at radius 2 is 1.63 bits per heavy atom. The van der Waals surface area contributed by atoms with Crippen molar-refractivity contribution in [3.05, 3.63) is 30.3 Å². The van der Waals surface area contributed by atoms with Gasteiger partial charge in [0.25, 0.3) is 0 Å². The molecule has 0 bridgehead atoms. The van der Waals surface area contributed by atoms with Crippen LogP contribution in [0.25, 0.3) is 0 Å². The molecular weight excluding hydrogens is 260 g/mol. The molecule has 0 spiro atoms. The highest BCUT2D eigenvalue weighted by Gasteiger charge is 2.18. The van der Waals surface area contributed by atoms with Crippen molar-refractivity contribution in [3.8, 4) is 0 Å².